The highest BCUT2D eigenvalue weighted by atomic mass is 19.4. The fraction of sp³-hybridized carbons (Fsp3) is 0.333. The van der Waals surface area contributed by atoms with Gasteiger partial charge in [-0.1, -0.05) is 12.1 Å². The van der Waals surface area contributed by atoms with Crippen molar-refractivity contribution in [1.29, 1.82) is 0 Å². The van der Waals surface area contributed by atoms with E-state index in [1.165, 1.54) is 0 Å². The minimum absolute atomic E-state index is 0.101. The summed E-state index contributed by atoms with van der Waals surface area (Å²) in [6.07, 6.45) is -5.16. The van der Waals surface area contributed by atoms with Gasteiger partial charge in [-0.05, 0) is 48.9 Å². The lowest BCUT2D eigenvalue weighted by Gasteiger charge is -2.14. The number of amides is 2. The normalized spacial score (nSPS) is 12.2. The lowest BCUT2D eigenvalue weighted by molar-refractivity contribution is -0.137. The van der Waals surface area contributed by atoms with Crippen molar-refractivity contribution in [2.24, 2.45) is 0 Å². The quantitative estimate of drug-likeness (QED) is 0.607. The van der Waals surface area contributed by atoms with Crippen LogP contribution < -0.4 is 15.4 Å². The summed E-state index contributed by atoms with van der Waals surface area (Å²) < 4.78 is 48.3. The average Bonchev–Trinajstić information content (AvgIpc) is 2.74. The number of alkyl halides is 3. The van der Waals surface area contributed by atoms with Crippen LogP contribution >= 0.6 is 0 Å². The van der Waals surface area contributed by atoms with E-state index in [1.54, 1.807) is 26.2 Å². The molecule has 2 N–H and O–H groups in total. The van der Waals surface area contributed by atoms with Crippen molar-refractivity contribution in [1.82, 2.24) is 10.6 Å². The molecule has 0 bridgehead atoms. The Morgan fingerprint density at radius 3 is 2.33 bits per heavy atom. The van der Waals surface area contributed by atoms with Crippen LogP contribution in [0.25, 0.3) is 0 Å². The van der Waals surface area contributed by atoms with E-state index < -0.39 is 23.8 Å². The lowest BCUT2D eigenvalue weighted by Crippen LogP contribution is -2.39. The van der Waals surface area contributed by atoms with Gasteiger partial charge in [-0.25, -0.2) is 0 Å². The van der Waals surface area contributed by atoms with Crippen LogP contribution in [0.4, 0.5) is 13.2 Å². The second kappa shape index (κ2) is 10.6. The molecule has 2 aromatic rings. The Morgan fingerprint density at radius 1 is 1.03 bits per heavy atom. The van der Waals surface area contributed by atoms with Gasteiger partial charge in [0.1, 0.15) is 11.9 Å². The van der Waals surface area contributed by atoms with Gasteiger partial charge in [-0.3, -0.25) is 9.59 Å². The summed E-state index contributed by atoms with van der Waals surface area (Å²) in [5.74, 6) is -0.182. The molecule has 2 aromatic carbocycles. The Hall–Kier alpha value is -3.07. The number of halogens is 3. The largest absolute Gasteiger partial charge is 0.497 e. The first kappa shape index (κ1) is 23.2. The number of methoxy groups -OCH3 is 1. The van der Waals surface area contributed by atoms with Crippen LogP contribution in [0.3, 0.4) is 0 Å². The van der Waals surface area contributed by atoms with Gasteiger partial charge in [0.2, 0.25) is 5.91 Å². The molecule has 0 saturated carbocycles. The third-order valence-electron chi connectivity index (χ3n) is 4.19. The minimum Gasteiger partial charge on any atom is -0.497 e. The maximum atomic E-state index is 12.5. The first-order chi connectivity index (χ1) is 14.2. The molecule has 9 heteroatoms. The van der Waals surface area contributed by atoms with Crippen LogP contribution in [0.5, 0.6) is 5.75 Å². The minimum atomic E-state index is -4.45. The number of hydrogen-bond donors (Lipinski definition) is 2. The summed E-state index contributed by atoms with van der Waals surface area (Å²) in [6.45, 7) is 2.11. The van der Waals surface area contributed by atoms with E-state index in [-0.39, 0.29) is 31.2 Å². The molecule has 1 atom stereocenters. The van der Waals surface area contributed by atoms with Gasteiger partial charge in [-0.2, -0.15) is 13.2 Å². The fourth-order valence-corrected chi connectivity index (χ4v) is 2.48. The smallest absolute Gasteiger partial charge is 0.416 e. The Kier molecular flexibility index (Phi) is 8.23. The molecule has 0 radical (unpaired) electrons. The van der Waals surface area contributed by atoms with Gasteiger partial charge in [0.15, 0.2) is 0 Å². The number of nitrogens with one attached hydrogen (secondary N) is 2. The first-order valence-corrected chi connectivity index (χ1v) is 9.18. The Labute approximate surface area is 172 Å². The van der Waals surface area contributed by atoms with Crippen molar-refractivity contribution in [2.75, 3.05) is 20.2 Å². The second-order valence-corrected chi connectivity index (χ2v) is 6.43. The van der Waals surface area contributed by atoms with Crippen molar-refractivity contribution >= 4 is 11.8 Å². The molecule has 0 aliphatic carbocycles. The van der Waals surface area contributed by atoms with Crippen molar-refractivity contribution in [2.45, 2.75) is 25.8 Å². The molecule has 0 spiro atoms. The number of benzene rings is 2. The van der Waals surface area contributed by atoms with Gasteiger partial charge >= 0.3 is 6.18 Å². The molecule has 2 amide bonds. The van der Waals surface area contributed by atoms with Gasteiger partial charge in [0, 0.05) is 18.7 Å². The third-order valence-corrected chi connectivity index (χ3v) is 4.19. The predicted molar refractivity (Wildman–Crippen MR) is 104 cm³/mol. The maximum absolute atomic E-state index is 12.5. The zero-order valence-corrected chi connectivity index (χ0v) is 16.6. The van der Waals surface area contributed by atoms with E-state index in [2.05, 4.69) is 10.6 Å². The van der Waals surface area contributed by atoms with E-state index >= 15 is 0 Å². The van der Waals surface area contributed by atoms with Gasteiger partial charge in [-0.15, -0.1) is 0 Å². The Balaban J connectivity index is 1.70. The average molecular weight is 424 g/mol. The molecule has 0 heterocycles. The molecule has 162 valence electrons. The SMILES string of the molecule is COc1cccc(CO[C@@H](C)C(=O)NCCNC(=O)c2ccc(C(F)(F)F)cc2)c1. The zero-order chi connectivity index (χ0) is 22.1. The number of ether oxygens (including phenoxy) is 2. The summed E-state index contributed by atoms with van der Waals surface area (Å²) >= 11 is 0. The molecule has 30 heavy (non-hydrogen) atoms. The van der Waals surface area contributed by atoms with Crippen LogP contribution in [-0.2, 0) is 22.3 Å². The highest BCUT2D eigenvalue weighted by Gasteiger charge is 2.30. The summed E-state index contributed by atoms with van der Waals surface area (Å²) in [5.41, 5.74) is 0.136. The maximum Gasteiger partial charge on any atom is 0.416 e. The highest BCUT2D eigenvalue weighted by molar-refractivity contribution is 5.94. The zero-order valence-electron chi connectivity index (χ0n) is 16.6. The van der Waals surface area contributed by atoms with Crippen molar-refractivity contribution in [3.05, 3.63) is 65.2 Å². The summed E-state index contributed by atoms with van der Waals surface area (Å²) in [6, 6.07) is 11.2. The van der Waals surface area contributed by atoms with Crippen molar-refractivity contribution in [3.8, 4) is 5.75 Å². The van der Waals surface area contributed by atoms with E-state index in [4.69, 9.17) is 9.47 Å². The molecule has 0 aliphatic heterocycles. The van der Waals surface area contributed by atoms with E-state index in [0.717, 1.165) is 29.8 Å². The van der Waals surface area contributed by atoms with Crippen molar-refractivity contribution in [3.63, 3.8) is 0 Å². The Morgan fingerprint density at radius 2 is 1.70 bits per heavy atom. The summed E-state index contributed by atoms with van der Waals surface area (Å²) in [7, 11) is 1.56. The molecule has 0 saturated heterocycles. The van der Waals surface area contributed by atoms with Crippen LogP contribution in [-0.4, -0.2) is 38.1 Å². The fourth-order valence-electron chi connectivity index (χ4n) is 2.48. The number of carbonyl (C=O) groups is 2. The Bertz CT molecular complexity index is 854. The third kappa shape index (κ3) is 7.07. The van der Waals surface area contributed by atoms with E-state index in [0.29, 0.717) is 5.75 Å². The summed E-state index contributed by atoms with van der Waals surface area (Å²) in [5, 5.41) is 5.16. The molecular weight excluding hydrogens is 401 g/mol. The summed E-state index contributed by atoms with van der Waals surface area (Å²) in [4.78, 5) is 24.0. The number of carbonyl (C=O) groups excluding carboxylic acids is 2. The van der Waals surface area contributed by atoms with Crippen LogP contribution in [0.1, 0.15) is 28.4 Å². The lowest BCUT2D eigenvalue weighted by atomic mass is 10.1. The topological polar surface area (TPSA) is 76.7 Å². The number of rotatable bonds is 9. The molecule has 0 aromatic heterocycles. The molecule has 0 unspecified atom stereocenters. The van der Waals surface area contributed by atoms with E-state index in [9.17, 15) is 22.8 Å². The van der Waals surface area contributed by atoms with Crippen LogP contribution in [0.2, 0.25) is 0 Å². The molecule has 0 aliphatic rings. The number of hydrogen-bond acceptors (Lipinski definition) is 4. The molecule has 0 fully saturated rings. The monoisotopic (exact) mass is 424 g/mol. The van der Waals surface area contributed by atoms with Gasteiger partial charge < -0.3 is 20.1 Å². The molecule has 2 rings (SSSR count). The van der Waals surface area contributed by atoms with E-state index in [1.807, 2.05) is 12.1 Å². The highest BCUT2D eigenvalue weighted by Crippen LogP contribution is 2.29. The predicted octanol–water partition coefficient (Wildman–Crippen LogP) is 3.17. The molecular formula is C21H23F3N2O4. The van der Waals surface area contributed by atoms with Crippen LogP contribution in [0.15, 0.2) is 48.5 Å². The molecule has 6 nitrogen and oxygen atoms in total. The van der Waals surface area contributed by atoms with Crippen molar-refractivity contribution < 1.29 is 32.2 Å². The van der Waals surface area contributed by atoms with Gasteiger partial charge in [0.25, 0.3) is 5.91 Å². The van der Waals surface area contributed by atoms with Gasteiger partial charge in [0.05, 0.1) is 19.3 Å². The second-order valence-electron chi connectivity index (χ2n) is 6.43. The first-order valence-electron chi connectivity index (χ1n) is 9.18. The van der Waals surface area contributed by atoms with Crippen LogP contribution in [0, 0.1) is 0 Å². The standard InChI is InChI=1S/C21H23F3N2O4/c1-14(30-13-15-4-3-5-18(12-15)29-2)19(27)25-10-11-26-20(28)16-6-8-17(9-7-16)21(22,23)24/h3-9,12,14H,10-11,13H2,1-2H3,(H,25,27)(H,26,28)/t14-/m0/s1.